The lowest BCUT2D eigenvalue weighted by Gasteiger charge is -2.16. The zero-order valence-electron chi connectivity index (χ0n) is 19.9. The number of thioether (sulfide) groups is 1. The van der Waals surface area contributed by atoms with Gasteiger partial charge in [0, 0.05) is 5.02 Å². The van der Waals surface area contributed by atoms with Crippen LogP contribution in [-0.2, 0) is 9.59 Å². The number of halogens is 2. The number of thiocarbonyl (C=S) groups is 1. The fourth-order valence-corrected chi connectivity index (χ4v) is 5.30. The van der Waals surface area contributed by atoms with Crippen molar-refractivity contribution >= 4 is 80.8 Å². The first-order chi connectivity index (χ1) is 17.8. The predicted octanol–water partition coefficient (Wildman–Crippen LogP) is 7.12. The Labute approximate surface area is 234 Å². The molecule has 4 rings (SSSR count). The van der Waals surface area contributed by atoms with Crippen LogP contribution >= 0.6 is 47.2 Å². The molecule has 1 aliphatic heterocycles. The molecule has 0 aromatic heterocycles. The molecule has 0 atom stereocenters. The van der Waals surface area contributed by atoms with Crippen molar-refractivity contribution in [2.45, 2.75) is 13.8 Å². The van der Waals surface area contributed by atoms with Crippen LogP contribution < -0.4 is 19.7 Å². The zero-order chi connectivity index (χ0) is 26.5. The highest BCUT2D eigenvalue weighted by Gasteiger charge is 2.34. The van der Waals surface area contributed by atoms with Crippen LogP contribution in [0.25, 0.3) is 6.08 Å². The van der Waals surface area contributed by atoms with Gasteiger partial charge in [-0.25, -0.2) is 0 Å². The van der Waals surface area contributed by atoms with Gasteiger partial charge in [0.05, 0.1) is 27.9 Å². The molecule has 1 aliphatic rings. The molecule has 0 spiro atoms. The van der Waals surface area contributed by atoms with Crippen LogP contribution in [-0.4, -0.2) is 29.3 Å². The number of anilines is 2. The summed E-state index contributed by atoms with van der Waals surface area (Å²) in [5.74, 6) is 0.266. The lowest BCUT2D eigenvalue weighted by atomic mass is 10.1. The Morgan fingerprint density at radius 2 is 1.86 bits per heavy atom. The van der Waals surface area contributed by atoms with Gasteiger partial charge < -0.3 is 14.8 Å². The van der Waals surface area contributed by atoms with Crippen LogP contribution in [0.15, 0.2) is 65.6 Å². The number of aryl methyl sites for hydroxylation is 1. The summed E-state index contributed by atoms with van der Waals surface area (Å²) in [5, 5.41) is 3.48. The summed E-state index contributed by atoms with van der Waals surface area (Å²) in [4.78, 5) is 27.6. The minimum atomic E-state index is -0.393. The van der Waals surface area contributed by atoms with Gasteiger partial charge in [-0.2, -0.15) is 0 Å². The van der Waals surface area contributed by atoms with Crippen LogP contribution in [0.3, 0.4) is 0 Å². The highest BCUT2D eigenvalue weighted by atomic mass is 35.5. The molecule has 1 heterocycles. The minimum Gasteiger partial charge on any atom is -0.490 e. The SMILES string of the molecule is CCOc1cc(/C=C2\SC(=S)N(c3ccccc3C)C2=O)ccc1OCC(=O)Nc1ccc(Cl)cc1Cl. The molecule has 1 saturated heterocycles. The van der Waals surface area contributed by atoms with Crippen molar-refractivity contribution in [1.82, 2.24) is 0 Å². The monoisotopic (exact) mass is 572 g/mol. The number of rotatable bonds is 8. The van der Waals surface area contributed by atoms with E-state index in [0.717, 1.165) is 16.8 Å². The molecule has 1 N–H and O–H groups in total. The van der Waals surface area contributed by atoms with Crippen LogP contribution in [0.1, 0.15) is 18.1 Å². The second kappa shape index (κ2) is 12.0. The molecule has 0 unspecified atom stereocenters. The molecular formula is C27H22Cl2N2O4S2. The van der Waals surface area contributed by atoms with Gasteiger partial charge >= 0.3 is 0 Å². The molecule has 0 bridgehead atoms. The topological polar surface area (TPSA) is 67.9 Å². The van der Waals surface area contributed by atoms with Gasteiger partial charge in [-0.3, -0.25) is 14.5 Å². The molecule has 10 heteroatoms. The van der Waals surface area contributed by atoms with Gasteiger partial charge in [-0.15, -0.1) is 0 Å². The van der Waals surface area contributed by atoms with E-state index in [9.17, 15) is 9.59 Å². The molecule has 190 valence electrons. The smallest absolute Gasteiger partial charge is 0.270 e. The van der Waals surface area contributed by atoms with Crippen LogP contribution in [0, 0.1) is 6.92 Å². The Balaban J connectivity index is 1.48. The van der Waals surface area contributed by atoms with E-state index in [2.05, 4.69) is 5.32 Å². The minimum absolute atomic E-state index is 0.180. The molecule has 6 nitrogen and oxygen atoms in total. The van der Waals surface area contributed by atoms with Crippen molar-refractivity contribution < 1.29 is 19.1 Å². The summed E-state index contributed by atoms with van der Waals surface area (Å²) in [5.41, 5.74) is 2.90. The number of hydrogen-bond donors (Lipinski definition) is 1. The summed E-state index contributed by atoms with van der Waals surface area (Å²) in [6.07, 6.45) is 1.76. The molecule has 3 aromatic carbocycles. The summed E-state index contributed by atoms with van der Waals surface area (Å²) in [6.45, 7) is 3.92. The fraction of sp³-hybridized carbons (Fsp3) is 0.148. The number of ether oxygens (including phenoxy) is 2. The number of amides is 2. The second-order valence-electron chi connectivity index (χ2n) is 7.90. The second-order valence-corrected chi connectivity index (χ2v) is 10.4. The molecule has 0 aliphatic carbocycles. The van der Waals surface area contributed by atoms with Crippen LogP contribution in [0.5, 0.6) is 11.5 Å². The largest absolute Gasteiger partial charge is 0.490 e. The van der Waals surface area contributed by atoms with E-state index in [1.165, 1.54) is 11.8 Å². The summed E-state index contributed by atoms with van der Waals surface area (Å²) < 4.78 is 11.9. The summed E-state index contributed by atoms with van der Waals surface area (Å²) in [6, 6.07) is 17.6. The highest BCUT2D eigenvalue weighted by molar-refractivity contribution is 8.27. The fourth-order valence-electron chi connectivity index (χ4n) is 3.56. The Kier molecular flexibility index (Phi) is 8.76. The average Bonchev–Trinajstić information content (AvgIpc) is 3.13. The van der Waals surface area contributed by atoms with Gasteiger partial charge in [0.25, 0.3) is 11.8 Å². The van der Waals surface area contributed by atoms with Crippen LogP contribution in [0.4, 0.5) is 11.4 Å². The Hall–Kier alpha value is -3.04. The molecule has 2 amide bonds. The summed E-state index contributed by atoms with van der Waals surface area (Å²) >= 11 is 18.7. The maximum Gasteiger partial charge on any atom is 0.270 e. The Morgan fingerprint density at radius 3 is 2.59 bits per heavy atom. The van der Waals surface area contributed by atoms with E-state index in [-0.39, 0.29) is 12.5 Å². The summed E-state index contributed by atoms with van der Waals surface area (Å²) in [7, 11) is 0. The maximum absolute atomic E-state index is 13.2. The number of nitrogens with zero attached hydrogens (tertiary/aromatic N) is 1. The quantitative estimate of drug-likeness (QED) is 0.229. The van der Waals surface area contributed by atoms with Crippen molar-refractivity contribution in [3.8, 4) is 11.5 Å². The van der Waals surface area contributed by atoms with Gasteiger partial charge in [-0.1, -0.05) is 71.4 Å². The predicted molar refractivity (Wildman–Crippen MR) is 155 cm³/mol. The molecule has 0 radical (unpaired) electrons. The number of nitrogens with one attached hydrogen (secondary N) is 1. The van der Waals surface area contributed by atoms with Crippen LogP contribution in [0.2, 0.25) is 10.0 Å². The number of carbonyl (C=O) groups is 2. The van der Waals surface area contributed by atoms with E-state index in [4.69, 9.17) is 44.9 Å². The number of benzene rings is 3. The number of hydrogen-bond acceptors (Lipinski definition) is 6. The van der Waals surface area contributed by atoms with Gasteiger partial charge in [0.15, 0.2) is 22.4 Å². The number of carbonyl (C=O) groups excluding carboxylic acids is 2. The van der Waals surface area contributed by atoms with Gasteiger partial charge in [-0.05, 0) is 67.4 Å². The third kappa shape index (κ3) is 6.45. The van der Waals surface area contributed by atoms with Crippen molar-refractivity contribution in [1.29, 1.82) is 0 Å². The first kappa shape index (κ1) is 27.0. The third-order valence-corrected chi connectivity index (χ3v) is 7.13. The zero-order valence-corrected chi connectivity index (χ0v) is 23.1. The first-order valence-corrected chi connectivity index (χ1v) is 13.2. The third-order valence-electron chi connectivity index (χ3n) is 5.28. The first-order valence-electron chi connectivity index (χ1n) is 11.2. The van der Waals surface area contributed by atoms with E-state index in [0.29, 0.717) is 43.1 Å². The normalized spacial score (nSPS) is 14.3. The molecule has 0 saturated carbocycles. The molecule has 37 heavy (non-hydrogen) atoms. The molecular weight excluding hydrogens is 551 g/mol. The van der Waals surface area contributed by atoms with Gasteiger partial charge in [0.1, 0.15) is 0 Å². The van der Waals surface area contributed by atoms with Gasteiger partial charge in [0.2, 0.25) is 0 Å². The maximum atomic E-state index is 13.2. The van der Waals surface area contributed by atoms with Crippen molar-refractivity contribution in [3.05, 3.63) is 86.7 Å². The lowest BCUT2D eigenvalue weighted by molar-refractivity contribution is -0.118. The van der Waals surface area contributed by atoms with Crippen molar-refractivity contribution in [2.75, 3.05) is 23.4 Å². The van der Waals surface area contributed by atoms with Crippen molar-refractivity contribution in [3.63, 3.8) is 0 Å². The standard InChI is InChI=1S/C27H22Cl2N2O4S2/c1-3-34-23-12-17(13-24-26(33)31(27(36)37-24)21-7-5-4-6-16(21)2)8-11-22(23)35-15-25(32)30-20-10-9-18(28)14-19(20)29/h4-14H,3,15H2,1-2H3,(H,30,32)/b24-13-. The van der Waals surface area contributed by atoms with E-state index in [1.54, 1.807) is 47.4 Å². The van der Waals surface area contributed by atoms with E-state index in [1.807, 2.05) is 38.1 Å². The van der Waals surface area contributed by atoms with E-state index < -0.39 is 5.91 Å². The highest BCUT2D eigenvalue weighted by Crippen LogP contribution is 2.38. The Bertz CT molecular complexity index is 1410. The van der Waals surface area contributed by atoms with E-state index >= 15 is 0 Å². The average molecular weight is 574 g/mol. The molecule has 3 aromatic rings. The Morgan fingerprint density at radius 1 is 1.08 bits per heavy atom. The number of para-hydroxylation sites is 1. The lowest BCUT2D eigenvalue weighted by Crippen LogP contribution is -2.28. The molecule has 1 fully saturated rings. The van der Waals surface area contributed by atoms with Crippen molar-refractivity contribution in [2.24, 2.45) is 0 Å².